The van der Waals surface area contributed by atoms with Gasteiger partial charge in [-0.2, -0.15) is 0 Å². The molecule has 0 saturated heterocycles. The van der Waals surface area contributed by atoms with E-state index in [1.807, 2.05) is 34.2 Å². The Morgan fingerprint density at radius 2 is 2.20 bits per heavy atom. The molecule has 0 aliphatic rings. The van der Waals surface area contributed by atoms with Gasteiger partial charge in [-0.3, -0.25) is 13.8 Å². The molecule has 7 nitrogen and oxygen atoms in total. The van der Waals surface area contributed by atoms with Gasteiger partial charge in [0.1, 0.15) is 12.1 Å². The van der Waals surface area contributed by atoms with Gasteiger partial charge in [0.2, 0.25) is 0 Å². The summed E-state index contributed by atoms with van der Waals surface area (Å²) in [5, 5.41) is 10.7. The van der Waals surface area contributed by atoms with E-state index in [2.05, 4.69) is 15.2 Å². The van der Waals surface area contributed by atoms with Gasteiger partial charge in [-0.1, -0.05) is 23.9 Å². The predicted octanol–water partition coefficient (Wildman–Crippen LogP) is 2.64. The van der Waals surface area contributed by atoms with E-state index in [-0.39, 0.29) is 5.56 Å². The highest BCUT2D eigenvalue weighted by molar-refractivity contribution is 7.98. The molecular formula is C16H13N5O2S2. The average Bonchev–Trinajstić information content (AvgIpc) is 3.29. The van der Waals surface area contributed by atoms with Crippen molar-refractivity contribution in [3.05, 3.63) is 64.3 Å². The van der Waals surface area contributed by atoms with Crippen LogP contribution in [0.5, 0.6) is 5.75 Å². The molecule has 3 aromatic heterocycles. The van der Waals surface area contributed by atoms with Gasteiger partial charge < -0.3 is 4.74 Å². The number of benzene rings is 1. The lowest BCUT2D eigenvalue weighted by Crippen LogP contribution is -2.12. The molecule has 0 saturated carbocycles. The lowest BCUT2D eigenvalue weighted by Gasteiger charge is -2.10. The van der Waals surface area contributed by atoms with Crippen molar-refractivity contribution in [2.24, 2.45) is 0 Å². The summed E-state index contributed by atoms with van der Waals surface area (Å²) >= 11 is 2.91. The molecule has 0 spiro atoms. The van der Waals surface area contributed by atoms with Crippen molar-refractivity contribution in [3.63, 3.8) is 0 Å². The van der Waals surface area contributed by atoms with Crippen molar-refractivity contribution >= 4 is 28.1 Å². The monoisotopic (exact) mass is 371 g/mol. The Kier molecular flexibility index (Phi) is 4.24. The second-order valence-corrected chi connectivity index (χ2v) is 6.90. The molecule has 0 aliphatic heterocycles. The SMILES string of the molecule is COc1ccccc1-n1cnnc1SCc1cc(=O)n2ccsc2n1. The third-order valence-electron chi connectivity index (χ3n) is 3.57. The molecule has 0 bridgehead atoms. The van der Waals surface area contributed by atoms with E-state index in [4.69, 9.17) is 4.74 Å². The lowest BCUT2D eigenvalue weighted by atomic mass is 10.3. The summed E-state index contributed by atoms with van der Waals surface area (Å²) in [6, 6.07) is 9.22. The van der Waals surface area contributed by atoms with E-state index in [0.717, 1.165) is 11.4 Å². The second-order valence-electron chi connectivity index (χ2n) is 5.09. The number of rotatable bonds is 5. The molecule has 4 rings (SSSR count). The third kappa shape index (κ3) is 3.03. The molecule has 0 radical (unpaired) electrons. The number of nitrogens with zero attached hydrogens (tertiary/aromatic N) is 5. The molecule has 1 aromatic carbocycles. The van der Waals surface area contributed by atoms with Crippen molar-refractivity contribution in [1.82, 2.24) is 24.1 Å². The number of thiazole rings is 1. The molecule has 4 aromatic rings. The molecule has 126 valence electrons. The maximum atomic E-state index is 12.1. The summed E-state index contributed by atoms with van der Waals surface area (Å²) in [6.07, 6.45) is 3.37. The minimum atomic E-state index is -0.0759. The molecule has 9 heteroatoms. The van der Waals surface area contributed by atoms with Crippen LogP contribution in [0.1, 0.15) is 5.69 Å². The first-order valence-electron chi connectivity index (χ1n) is 7.38. The fraction of sp³-hybridized carbons (Fsp3) is 0.125. The summed E-state index contributed by atoms with van der Waals surface area (Å²) in [4.78, 5) is 17.3. The Balaban J connectivity index is 1.62. The van der Waals surface area contributed by atoms with Crippen LogP contribution in [0.4, 0.5) is 0 Å². The number of para-hydroxylation sites is 2. The van der Waals surface area contributed by atoms with Gasteiger partial charge in [0.25, 0.3) is 5.56 Å². The molecule has 0 N–H and O–H groups in total. The van der Waals surface area contributed by atoms with E-state index in [0.29, 0.717) is 21.6 Å². The molecule has 25 heavy (non-hydrogen) atoms. The molecular weight excluding hydrogens is 358 g/mol. The molecule has 0 atom stereocenters. The number of thioether (sulfide) groups is 1. The van der Waals surface area contributed by atoms with Gasteiger partial charge in [-0.15, -0.1) is 21.5 Å². The third-order valence-corrected chi connectivity index (χ3v) is 5.30. The van der Waals surface area contributed by atoms with Crippen LogP contribution in [0.3, 0.4) is 0 Å². The van der Waals surface area contributed by atoms with Crippen LogP contribution in [0, 0.1) is 0 Å². The Labute approximate surface area is 150 Å². The van der Waals surface area contributed by atoms with Crippen LogP contribution in [0.2, 0.25) is 0 Å². The maximum Gasteiger partial charge on any atom is 0.258 e. The Morgan fingerprint density at radius 3 is 3.08 bits per heavy atom. The van der Waals surface area contributed by atoms with Gasteiger partial charge >= 0.3 is 0 Å². The second kappa shape index (κ2) is 6.69. The lowest BCUT2D eigenvalue weighted by molar-refractivity contribution is 0.412. The molecule has 0 unspecified atom stereocenters. The van der Waals surface area contributed by atoms with Crippen molar-refractivity contribution in [3.8, 4) is 11.4 Å². The van der Waals surface area contributed by atoms with E-state index >= 15 is 0 Å². The first kappa shape index (κ1) is 15.9. The Hall–Kier alpha value is -2.65. The zero-order valence-electron chi connectivity index (χ0n) is 13.2. The van der Waals surface area contributed by atoms with Gasteiger partial charge in [0.05, 0.1) is 18.5 Å². The summed E-state index contributed by atoms with van der Waals surface area (Å²) < 4.78 is 8.80. The number of methoxy groups -OCH3 is 1. The van der Waals surface area contributed by atoms with E-state index in [1.165, 1.54) is 27.5 Å². The van der Waals surface area contributed by atoms with Crippen molar-refractivity contribution in [2.45, 2.75) is 10.9 Å². The van der Waals surface area contributed by atoms with Crippen LogP contribution in [0.25, 0.3) is 10.6 Å². The number of aromatic nitrogens is 5. The van der Waals surface area contributed by atoms with Crippen LogP contribution in [-0.4, -0.2) is 31.3 Å². The zero-order chi connectivity index (χ0) is 17.2. The Bertz CT molecular complexity index is 1090. The summed E-state index contributed by atoms with van der Waals surface area (Å²) in [7, 11) is 1.63. The highest BCUT2D eigenvalue weighted by Crippen LogP contribution is 2.27. The van der Waals surface area contributed by atoms with Gasteiger partial charge in [0, 0.05) is 23.4 Å². The van der Waals surface area contributed by atoms with Crippen molar-refractivity contribution < 1.29 is 4.74 Å². The molecule has 0 amide bonds. The molecule has 0 aliphatic carbocycles. The number of hydrogen-bond donors (Lipinski definition) is 0. The van der Waals surface area contributed by atoms with Gasteiger partial charge in [-0.25, -0.2) is 4.98 Å². The number of ether oxygens (including phenoxy) is 1. The standard InChI is InChI=1S/C16H13N5O2S2/c1-23-13-5-3-2-4-12(13)21-10-17-19-16(21)25-9-11-8-14(22)20-6-7-24-15(20)18-11/h2-8,10H,9H2,1H3. The normalized spacial score (nSPS) is 11.1. The minimum Gasteiger partial charge on any atom is -0.495 e. The van der Waals surface area contributed by atoms with Crippen LogP contribution < -0.4 is 10.3 Å². The first-order valence-corrected chi connectivity index (χ1v) is 9.25. The minimum absolute atomic E-state index is 0.0759. The van der Waals surface area contributed by atoms with Crippen LogP contribution in [-0.2, 0) is 5.75 Å². The zero-order valence-corrected chi connectivity index (χ0v) is 14.8. The Morgan fingerprint density at radius 1 is 1.32 bits per heavy atom. The maximum absolute atomic E-state index is 12.1. The summed E-state index contributed by atoms with van der Waals surface area (Å²) in [6.45, 7) is 0. The van der Waals surface area contributed by atoms with E-state index < -0.39 is 0 Å². The van der Waals surface area contributed by atoms with E-state index in [1.54, 1.807) is 25.7 Å². The summed E-state index contributed by atoms with van der Waals surface area (Å²) in [5.41, 5.74) is 1.50. The molecule has 3 heterocycles. The highest BCUT2D eigenvalue weighted by atomic mass is 32.2. The smallest absolute Gasteiger partial charge is 0.258 e. The quantitative estimate of drug-likeness (QED) is 0.502. The molecule has 0 fully saturated rings. The summed E-state index contributed by atoms with van der Waals surface area (Å²) in [5.74, 6) is 1.26. The van der Waals surface area contributed by atoms with Crippen LogP contribution >= 0.6 is 23.1 Å². The average molecular weight is 371 g/mol. The van der Waals surface area contributed by atoms with Gasteiger partial charge in [-0.05, 0) is 12.1 Å². The predicted molar refractivity (Wildman–Crippen MR) is 96.8 cm³/mol. The van der Waals surface area contributed by atoms with Crippen molar-refractivity contribution in [2.75, 3.05) is 7.11 Å². The first-order chi connectivity index (χ1) is 12.3. The van der Waals surface area contributed by atoms with E-state index in [9.17, 15) is 4.79 Å². The number of fused-ring (bicyclic) bond motifs is 1. The van der Waals surface area contributed by atoms with Crippen molar-refractivity contribution in [1.29, 1.82) is 0 Å². The number of hydrogen-bond acceptors (Lipinski definition) is 7. The fourth-order valence-corrected chi connectivity index (χ4v) is 3.97. The highest BCUT2D eigenvalue weighted by Gasteiger charge is 2.12. The van der Waals surface area contributed by atoms with Gasteiger partial charge in [0.15, 0.2) is 10.1 Å². The fourth-order valence-electron chi connectivity index (χ4n) is 2.42. The topological polar surface area (TPSA) is 74.3 Å². The van der Waals surface area contributed by atoms with Crippen LogP contribution in [0.15, 0.2) is 58.2 Å². The largest absolute Gasteiger partial charge is 0.495 e.